The van der Waals surface area contributed by atoms with Crippen molar-refractivity contribution >= 4 is 0 Å². The molecule has 0 spiro atoms. The van der Waals surface area contributed by atoms with Gasteiger partial charge in [0, 0.05) is 38.1 Å². The van der Waals surface area contributed by atoms with E-state index in [4.69, 9.17) is 5.73 Å². The molecule has 0 aliphatic carbocycles. The number of pyridine rings is 1. The van der Waals surface area contributed by atoms with Crippen LogP contribution in [0.1, 0.15) is 24.5 Å². The molecule has 0 aromatic carbocycles. The molecule has 1 fully saturated rings. The zero-order valence-electron chi connectivity index (χ0n) is 10.2. The van der Waals surface area contributed by atoms with Crippen molar-refractivity contribution in [2.75, 3.05) is 13.1 Å². The van der Waals surface area contributed by atoms with Crippen LogP contribution in [-0.4, -0.2) is 29.0 Å². The van der Waals surface area contributed by atoms with Gasteiger partial charge < -0.3 is 5.73 Å². The van der Waals surface area contributed by atoms with E-state index in [1.807, 2.05) is 12.4 Å². The summed E-state index contributed by atoms with van der Waals surface area (Å²) in [5.41, 5.74) is 8.56. The summed E-state index contributed by atoms with van der Waals surface area (Å²) in [5.74, 6) is 0.710. The van der Waals surface area contributed by atoms with Gasteiger partial charge in [-0.2, -0.15) is 0 Å². The zero-order valence-corrected chi connectivity index (χ0v) is 10.2. The Bertz CT molecular complexity index is 341. The number of rotatable bonds is 2. The minimum atomic E-state index is 0.335. The molecule has 2 N–H and O–H groups in total. The molecule has 1 aliphatic heterocycles. The molecular weight excluding hydrogens is 198 g/mol. The molecule has 3 nitrogen and oxygen atoms in total. The summed E-state index contributed by atoms with van der Waals surface area (Å²) in [7, 11) is 0. The Kier molecular flexibility index (Phi) is 3.56. The van der Waals surface area contributed by atoms with Crippen LogP contribution in [0.2, 0.25) is 0 Å². The first-order valence-electron chi connectivity index (χ1n) is 6.02. The molecule has 1 saturated heterocycles. The number of nitrogens with zero attached hydrogens (tertiary/aromatic N) is 2. The molecule has 0 amide bonds. The Morgan fingerprint density at radius 2 is 2.25 bits per heavy atom. The lowest BCUT2D eigenvalue weighted by atomic mass is 9.96. The average Bonchev–Trinajstić information content (AvgIpc) is 2.15. The van der Waals surface area contributed by atoms with Crippen molar-refractivity contribution in [3.63, 3.8) is 0 Å². The van der Waals surface area contributed by atoms with Crippen molar-refractivity contribution in [3.05, 3.63) is 29.6 Å². The SMILES string of the molecule is Cc1cncc(CN2CC(C)CC(N)C2)c1. The summed E-state index contributed by atoms with van der Waals surface area (Å²) in [6, 6.07) is 2.54. The minimum absolute atomic E-state index is 0.335. The second-order valence-electron chi connectivity index (χ2n) is 5.17. The Labute approximate surface area is 97.7 Å². The molecule has 1 aromatic heterocycles. The number of hydrogen-bond donors (Lipinski definition) is 1. The highest BCUT2D eigenvalue weighted by molar-refractivity contribution is 5.16. The van der Waals surface area contributed by atoms with Crippen molar-refractivity contribution < 1.29 is 0 Å². The van der Waals surface area contributed by atoms with Crippen molar-refractivity contribution in [2.45, 2.75) is 32.9 Å². The van der Waals surface area contributed by atoms with E-state index < -0.39 is 0 Å². The average molecular weight is 219 g/mol. The summed E-state index contributed by atoms with van der Waals surface area (Å²) < 4.78 is 0. The molecule has 0 radical (unpaired) electrons. The van der Waals surface area contributed by atoms with Crippen molar-refractivity contribution in [1.82, 2.24) is 9.88 Å². The molecule has 16 heavy (non-hydrogen) atoms. The first-order valence-corrected chi connectivity index (χ1v) is 6.02. The lowest BCUT2D eigenvalue weighted by Gasteiger charge is -2.34. The first-order chi connectivity index (χ1) is 7.63. The maximum absolute atomic E-state index is 6.04. The molecule has 2 rings (SSSR count). The van der Waals surface area contributed by atoms with Crippen LogP contribution in [0.15, 0.2) is 18.5 Å². The quantitative estimate of drug-likeness (QED) is 0.820. The van der Waals surface area contributed by atoms with Crippen LogP contribution in [0.4, 0.5) is 0 Å². The maximum atomic E-state index is 6.04. The zero-order chi connectivity index (χ0) is 11.5. The van der Waals surface area contributed by atoms with Crippen LogP contribution in [0.3, 0.4) is 0 Å². The molecule has 2 unspecified atom stereocenters. The fourth-order valence-electron chi connectivity index (χ4n) is 2.60. The van der Waals surface area contributed by atoms with Gasteiger partial charge in [0.2, 0.25) is 0 Å². The third-order valence-electron chi connectivity index (χ3n) is 3.11. The predicted octanol–water partition coefficient (Wildman–Crippen LogP) is 1.56. The van der Waals surface area contributed by atoms with Gasteiger partial charge in [0.25, 0.3) is 0 Å². The fraction of sp³-hybridized carbons (Fsp3) is 0.615. The van der Waals surface area contributed by atoms with Gasteiger partial charge >= 0.3 is 0 Å². The minimum Gasteiger partial charge on any atom is -0.327 e. The molecule has 1 aromatic rings. The fourth-order valence-corrected chi connectivity index (χ4v) is 2.60. The van der Waals surface area contributed by atoms with Crippen LogP contribution in [0.25, 0.3) is 0 Å². The number of hydrogen-bond acceptors (Lipinski definition) is 3. The van der Waals surface area contributed by atoms with Crippen LogP contribution in [-0.2, 0) is 6.54 Å². The van der Waals surface area contributed by atoms with E-state index in [0.717, 1.165) is 26.1 Å². The van der Waals surface area contributed by atoms with Crippen molar-refractivity contribution in [1.29, 1.82) is 0 Å². The lowest BCUT2D eigenvalue weighted by Crippen LogP contribution is -2.45. The lowest BCUT2D eigenvalue weighted by molar-refractivity contribution is 0.158. The van der Waals surface area contributed by atoms with Gasteiger partial charge in [0.15, 0.2) is 0 Å². The Morgan fingerprint density at radius 1 is 1.44 bits per heavy atom. The molecule has 1 aliphatic rings. The molecular formula is C13H21N3. The molecule has 0 saturated carbocycles. The van der Waals surface area contributed by atoms with E-state index in [0.29, 0.717) is 12.0 Å². The highest BCUT2D eigenvalue weighted by atomic mass is 15.1. The van der Waals surface area contributed by atoms with Gasteiger partial charge in [-0.3, -0.25) is 9.88 Å². The largest absolute Gasteiger partial charge is 0.327 e. The van der Waals surface area contributed by atoms with E-state index in [2.05, 4.69) is 29.8 Å². The first kappa shape index (κ1) is 11.6. The highest BCUT2D eigenvalue weighted by Crippen LogP contribution is 2.17. The van der Waals surface area contributed by atoms with Crippen molar-refractivity contribution in [3.8, 4) is 0 Å². The van der Waals surface area contributed by atoms with E-state index >= 15 is 0 Å². The van der Waals surface area contributed by atoms with Gasteiger partial charge in [-0.25, -0.2) is 0 Å². The third-order valence-corrected chi connectivity index (χ3v) is 3.11. The predicted molar refractivity (Wildman–Crippen MR) is 66.0 cm³/mol. The van der Waals surface area contributed by atoms with E-state index in [1.165, 1.54) is 11.1 Å². The summed E-state index contributed by atoms with van der Waals surface area (Å²) in [4.78, 5) is 6.67. The molecule has 0 bridgehead atoms. The smallest absolute Gasteiger partial charge is 0.0313 e. The van der Waals surface area contributed by atoms with E-state index in [1.54, 1.807) is 0 Å². The Hall–Kier alpha value is -0.930. The van der Waals surface area contributed by atoms with Gasteiger partial charge in [0.05, 0.1) is 0 Å². The normalized spacial score (nSPS) is 26.9. The summed E-state index contributed by atoms with van der Waals surface area (Å²) in [5, 5.41) is 0. The van der Waals surface area contributed by atoms with Gasteiger partial charge in [-0.05, 0) is 30.4 Å². The van der Waals surface area contributed by atoms with Gasteiger partial charge in [-0.1, -0.05) is 13.0 Å². The summed E-state index contributed by atoms with van der Waals surface area (Å²) >= 11 is 0. The van der Waals surface area contributed by atoms with E-state index in [9.17, 15) is 0 Å². The topological polar surface area (TPSA) is 42.2 Å². The van der Waals surface area contributed by atoms with Crippen LogP contribution >= 0.6 is 0 Å². The molecule has 2 heterocycles. The molecule has 2 atom stereocenters. The number of piperidine rings is 1. The monoisotopic (exact) mass is 219 g/mol. The van der Waals surface area contributed by atoms with Crippen molar-refractivity contribution in [2.24, 2.45) is 11.7 Å². The van der Waals surface area contributed by atoms with Gasteiger partial charge in [-0.15, -0.1) is 0 Å². The Morgan fingerprint density at radius 3 is 2.94 bits per heavy atom. The third kappa shape index (κ3) is 3.03. The standard InChI is InChI=1S/C13H21N3/c1-10-3-12(6-15-5-10)8-16-7-11(2)4-13(14)9-16/h3,5-6,11,13H,4,7-9,14H2,1-2H3. The van der Waals surface area contributed by atoms with Crippen LogP contribution < -0.4 is 5.73 Å². The highest BCUT2D eigenvalue weighted by Gasteiger charge is 2.21. The number of aromatic nitrogens is 1. The number of nitrogens with two attached hydrogens (primary N) is 1. The second kappa shape index (κ2) is 4.93. The maximum Gasteiger partial charge on any atom is 0.0313 e. The summed E-state index contributed by atoms with van der Waals surface area (Å²) in [6.45, 7) is 7.51. The summed E-state index contributed by atoms with van der Waals surface area (Å²) in [6.07, 6.45) is 5.01. The van der Waals surface area contributed by atoms with Crippen LogP contribution in [0.5, 0.6) is 0 Å². The number of aryl methyl sites for hydroxylation is 1. The molecule has 3 heteroatoms. The molecule has 88 valence electrons. The number of likely N-dealkylation sites (tertiary alicyclic amines) is 1. The van der Waals surface area contributed by atoms with Crippen LogP contribution in [0, 0.1) is 12.8 Å². The van der Waals surface area contributed by atoms with Gasteiger partial charge in [0.1, 0.15) is 0 Å². The second-order valence-corrected chi connectivity index (χ2v) is 5.17. The Balaban J connectivity index is 1.98. The van der Waals surface area contributed by atoms with E-state index in [-0.39, 0.29) is 0 Å².